The van der Waals surface area contributed by atoms with Crippen LogP contribution in [0.5, 0.6) is 0 Å². The van der Waals surface area contributed by atoms with Gasteiger partial charge in [-0.1, -0.05) is 20.8 Å². The molecule has 0 heterocycles. The predicted octanol–water partition coefficient (Wildman–Crippen LogP) is 2.50. The molecule has 0 saturated heterocycles. The van der Waals surface area contributed by atoms with E-state index in [9.17, 15) is 4.79 Å². The summed E-state index contributed by atoms with van der Waals surface area (Å²) in [6, 6.07) is 0. The van der Waals surface area contributed by atoms with Gasteiger partial charge in [0, 0.05) is 11.8 Å². The first-order valence-corrected chi connectivity index (χ1v) is 5.16. The van der Waals surface area contributed by atoms with E-state index >= 15 is 0 Å². The van der Waals surface area contributed by atoms with Crippen LogP contribution in [0.25, 0.3) is 0 Å². The summed E-state index contributed by atoms with van der Waals surface area (Å²) in [5, 5.41) is 0. The van der Waals surface area contributed by atoms with Crippen LogP contribution in [0.4, 0.5) is 0 Å². The lowest BCUT2D eigenvalue weighted by atomic mass is 9.55. The fraction of sp³-hybridized carbons (Fsp3) is 0.909. The molecule has 0 amide bonds. The lowest BCUT2D eigenvalue weighted by Gasteiger charge is -2.48. The van der Waals surface area contributed by atoms with Gasteiger partial charge in [0.05, 0.1) is 0 Å². The number of ketones is 1. The number of rotatable bonds is 0. The second-order valence-corrected chi connectivity index (χ2v) is 4.76. The SMILES string of the molecule is C[C@@H]1[C@H](C)[C@H]2CC[C@@H]1C(=O)[C@H]2C. The number of carbonyl (C=O) groups is 1. The zero-order valence-corrected chi connectivity index (χ0v) is 8.21. The Morgan fingerprint density at radius 2 is 1.75 bits per heavy atom. The van der Waals surface area contributed by atoms with Crippen molar-refractivity contribution in [3.63, 3.8) is 0 Å². The second-order valence-electron chi connectivity index (χ2n) is 4.76. The first kappa shape index (κ1) is 8.28. The molecule has 1 heteroatoms. The third-order valence-corrected chi connectivity index (χ3v) is 4.41. The Bertz CT molecular complexity index is 209. The number of fused-ring (bicyclic) bond motifs is 3. The van der Waals surface area contributed by atoms with Crippen LogP contribution in [0, 0.1) is 29.6 Å². The minimum Gasteiger partial charge on any atom is -0.299 e. The van der Waals surface area contributed by atoms with Crippen molar-refractivity contribution < 1.29 is 4.79 Å². The largest absolute Gasteiger partial charge is 0.299 e. The predicted molar refractivity (Wildman–Crippen MR) is 48.7 cm³/mol. The summed E-state index contributed by atoms with van der Waals surface area (Å²) < 4.78 is 0. The smallest absolute Gasteiger partial charge is 0.139 e. The lowest BCUT2D eigenvalue weighted by molar-refractivity contribution is -0.142. The van der Waals surface area contributed by atoms with Crippen molar-refractivity contribution in [3.8, 4) is 0 Å². The Morgan fingerprint density at radius 1 is 1.08 bits per heavy atom. The molecular formula is C11H18O. The molecule has 3 fully saturated rings. The molecule has 2 bridgehead atoms. The van der Waals surface area contributed by atoms with Gasteiger partial charge in [0.2, 0.25) is 0 Å². The van der Waals surface area contributed by atoms with Gasteiger partial charge in [-0.15, -0.1) is 0 Å². The summed E-state index contributed by atoms with van der Waals surface area (Å²) in [5.41, 5.74) is 0. The first-order valence-electron chi connectivity index (χ1n) is 5.16. The Morgan fingerprint density at radius 3 is 2.33 bits per heavy atom. The Kier molecular flexibility index (Phi) is 1.78. The van der Waals surface area contributed by atoms with Gasteiger partial charge in [0.1, 0.15) is 5.78 Å². The van der Waals surface area contributed by atoms with Crippen LogP contribution in [0.2, 0.25) is 0 Å². The fourth-order valence-electron chi connectivity index (χ4n) is 3.31. The van der Waals surface area contributed by atoms with Gasteiger partial charge in [-0.2, -0.15) is 0 Å². The quantitative estimate of drug-likeness (QED) is 0.540. The van der Waals surface area contributed by atoms with Crippen LogP contribution >= 0.6 is 0 Å². The minimum absolute atomic E-state index is 0.356. The van der Waals surface area contributed by atoms with Crippen molar-refractivity contribution in [1.82, 2.24) is 0 Å². The van der Waals surface area contributed by atoms with E-state index in [4.69, 9.17) is 0 Å². The molecule has 0 radical (unpaired) electrons. The maximum absolute atomic E-state index is 11.7. The van der Waals surface area contributed by atoms with Gasteiger partial charge in [-0.25, -0.2) is 0 Å². The summed E-state index contributed by atoms with van der Waals surface area (Å²) in [6.07, 6.45) is 2.46. The fourth-order valence-corrected chi connectivity index (χ4v) is 3.31. The Balaban J connectivity index is 2.28. The number of hydrogen-bond acceptors (Lipinski definition) is 1. The van der Waals surface area contributed by atoms with Crippen molar-refractivity contribution >= 4 is 5.78 Å². The molecule has 5 atom stereocenters. The van der Waals surface area contributed by atoms with Crippen LogP contribution in [-0.4, -0.2) is 5.78 Å². The maximum atomic E-state index is 11.7. The van der Waals surface area contributed by atoms with Crippen molar-refractivity contribution in [2.24, 2.45) is 29.6 Å². The van der Waals surface area contributed by atoms with E-state index in [0.717, 1.165) is 5.92 Å². The molecule has 3 saturated carbocycles. The molecule has 3 aliphatic rings. The third kappa shape index (κ3) is 0.884. The average molecular weight is 166 g/mol. The molecule has 12 heavy (non-hydrogen) atoms. The molecule has 1 nitrogen and oxygen atoms in total. The minimum atomic E-state index is 0.356. The summed E-state index contributed by atoms with van der Waals surface area (Å²) >= 11 is 0. The molecule has 0 aromatic carbocycles. The van der Waals surface area contributed by atoms with E-state index in [1.54, 1.807) is 0 Å². The highest BCUT2D eigenvalue weighted by Gasteiger charge is 2.47. The standard InChI is InChI=1S/C11H18O/c1-6-7(2)10-5-4-9(6)8(3)11(10)12/h6-10H,4-5H2,1-3H3/t6-,7+,8-,9+,10-/m0/s1. The van der Waals surface area contributed by atoms with E-state index in [-0.39, 0.29) is 0 Å². The molecular weight excluding hydrogens is 148 g/mol. The van der Waals surface area contributed by atoms with E-state index in [1.165, 1.54) is 12.8 Å². The lowest BCUT2D eigenvalue weighted by Crippen LogP contribution is -2.48. The molecule has 68 valence electrons. The van der Waals surface area contributed by atoms with Crippen LogP contribution in [-0.2, 0) is 4.79 Å². The zero-order chi connectivity index (χ0) is 8.88. The topological polar surface area (TPSA) is 17.1 Å². The molecule has 0 N–H and O–H groups in total. The van der Waals surface area contributed by atoms with Crippen LogP contribution < -0.4 is 0 Å². The zero-order valence-electron chi connectivity index (χ0n) is 8.21. The van der Waals surface area contributed by atoms with Crippen molar-refractivity contribution in [3.05, 3.63) is 0 Å². The summed E-state index contributed by atoms with van der Waals surface area (Å²) in [4.78, 5) is 11.7. The molecule has 0 aliphatic heterocycles. The maximum Gasteiger partial charge on any atom is 0.139 e. The van der Waals surface area contributed by atoms with Crippen LogP contribution in [0.15, 0.2) is 0 Å². The van der Waals surface area contributed by atoms with E-state index in [2.05, 4.69) is 20.8 Å². The van der Waals surface area contributed by atoms with Gasteiger partial charge < -0.3 is 0 Å². The number of Topliss-reactive ketones (excluding diaryl/α,β-unsaturated/α-hetero) is 1. The number of hydrogen-bond donors (Lipinski definition) is 0. The van der Waals surface area contributed by atoms with Gasteiger partial charge >= 0.3 is 0 Å². The normalized spacial score (nSPS) is 52.9. The summed E-state index contributed by atoms with van der Waals surface area (Å²) in [5.74, 6) is 3.42. The molecule has 3 aliphatic carbocycles. The molecule has 0 aromatic rings. The highest BCUT2D eigenvalue weighted by molar-refractivity contribution is 5.85. The van der Waals surface area contributed by atoms with Crippen molar-refractivity contribution in [2.75, 3.05) is 0 Å². The monoisotopic (exact) mass is 166 g/mol. The summed E-state index contributed by atoms with van der Waals surface area (Å²) in [6.45, 7) is 6.71. The van der Waals surface area contributed by atoms with Gasteiger partial charge in [0.25, 0.3) is 0 Å². The van der Waals surface area contributed by atoms with Crippen molar-refractivity contribution in [1.29, 1.82) is 0 Å². The number of carbonyl (C=O) groups excluding carboxylic acids is 1. The van der Waals surface area contributed by atoms with Gasteiger partial charge in [-0.3, -0.25) is 4.79 Å². The van der Waals surface area contributed by atoms with Crippen molar-refractivity contribution in [2.45, 2.75) is 33.6 Å². The molecule has 3 rings (SSSR count). The van der Waals surface area contributed by atoms with Crippen LogP contribution in [0.3, 0.4) is 0 Å². The van der Waals surface area contributed by atoms with Crippen LogP contribution in [0.1, 0.15) is 33.6 Å². The summed E-state index contributed by atoms with van der Waals surface area (Å²) in [7, 11) is 0. The van der Waals surface area contributed by atoms with E-state index < -0.39 is 0 Å². The molecule has 0 unspecified atom stereocenters. The third-order valence-electron chi connectivity index (χ3n) is 4.41. The highest BCUT2D eigenvalue weighted by atomic mass is 16.1. The second kappa shape index (κ2) is 2.58. The van der Waals surface area contributed by atoms with Gasteiger partial charge in [-0.05, 0) is 30.6 Å². The Hall–Kier alpha value is -0.330. The molecule has 0 aromatic heterocycles. The molecule has 0 spiro atoms. The average Bonchev–Trinajstić information content (AvgIpc) is 2.05. The van der Waals surface area contributed by atoms with Gasteiger partial charge in [0.15, 0.2) is 0 Å². The highest BCUT2D eigenvalue weighted by Crippen LogP contribution is 2.49. The van der Waals surface area contributed by atoms with E-state index in [1.807, 2.05) is 0 Å². The first-order chi connectivity index (χ1) is 5.63. The Labute approximate surface area is 74.5 Å². The van der Waals surface area contributed by atoms with E-state index in [0.29, 0.717) is 29.5 Å².